The molecule has 0 radical (unpaired) electrons. The lowest BCUT2D eigenvalue weighted by Crippen LogP contribution is -2.52. The van der Waals surface area contributed by atoms with Crippen LogP contribution in [-0.2, 0) is 19.5 Å². The second-order valence-electron chi connectivity index (χ2n) is 9.18. The maximum Gasteiger partial charge on any atom is 0.275 e. The highest BCUT2D eigenvalue weighted by atomic mass is 16.1. The highest BCUT2D eigenvalue weighted by Crippen LogP contribution is 2.31. The van der Waals surface area contributed by atoms with Crippen LogP contribution in [0.5, 0.6) is 0 Å². The van der Waals surface area contributed by atoms with Crippen LogP contribution in [0.2, 0.25) is 0 Å². The van der Waals surface area contributed by atoms with E-state index in [0.717, 1.165) is 67.5 Å². The molecule has 3 aromatic heterocycles. The van der Waals surface area contributed by atoms with Gasteiger partial charge in [-0.25, -0.2) is 14.3 Å². The van der Waals surface area contributed by atoms with E-state index in [9.17, 15) is 4.79 Å². The molecule has 0 fully saturated rings. The second-order valence-corrected chi connectivity index (χ2v) is 9.18. The Balaban J connectivity index is 1.29. The third-order valence-electron chi connectivity index (χ3n) is 7.07. The maximum atomic E-state index is 12.9. The van der Waals surface area contributed by atoms with Crippen molar-refractivity contribution in [3.8, 4) is 0 Å². The molecule has 0 bridgehead atoms. The molecular formula is C24H28N8O. The van der Waals surface area contributed by atoms with Crippen LogP contribution >= 0.6 is 0 Å². The Bertz CT molecular complexity index is 1340. The number of hydrogen-bond acceptors (Lipinski definition) is 7. The van der Waals surface area contributed by atoms with Gasteiger partial charge in [0.15, 0.2) is 5.82 Å². The molecule has 3 aliphatic heterocycles. The van der Waals surface area contributed by atoms with Crippen molar-refractivity contribution in [1.82, 2.24) is 29.3 Å². The van der Waals surface area contributed by atoms with Crippen LogP contribution < -0.4 is 15.9 Å². The first-order valence-electron chi connectivity index (χ1n) is 11.6. The topological polar surface area (TPSA) is 84.1 Å². The number of hydrogen-bond donors (Lipinski definition) is 1. The minimum atomic E-state index is -0.0627. The first kappa shape index (κ1) is 20.2. The Morgan fingerprint density at radius 3 is 2.91 bits per heavy atom. The monoisotopic (exact) mass is 444 g/mol. The first-order chi connectivity index (χ1) is 16.0. The number of pyridine rings is 1. The number of anilines is 2. The van der Waals surface area contributed by atoms with Crippen molar-refractivity contribution in [3.05, 3.63) is 68.8 Å². The highest BCUT2D eigenvalue weighted by Gasteiger charge is 2.30. The molecule has 3 aliphatic rings. The highest BCUT2D eigenvalue weighted by molar-refractivity contribution is 5.61. The van der Waals surface area contributed by atoms with Crippen LogP contribution in [-0.4, -0.2) is 48.6 Å². The summed E-state index contributed by atoms with van der Waals surface area (Å²) in [7, 11) is 0. The van der Waals surface area contributed by atoms with Gasteiger partial charge in [0.2, 0.25) is 0 Å². The fourth-order valence-corrected chi connectivity index (χ4v) is 5.12. The zero-order valence-electron chi connectivity index (χ0n) is 19.2. The standard InChI is InChI=1S/C24H28N8O/c1-15-11-21-27-17(3)16(2)24(33)32(21)28-23(15)29-10-6-20-18(14-29)12-19(13-25-20)30-8-4-9-31-22(30)5-7-26-31/h5,7,11-13,23,28H,4,6,8-10,14H2,1-3H3. The smallest absolute Gasteiger partial charge is 0.275 e. The molecule has 0 aromatic carbocycles. The minimum Gasteiger partial charge on any atom is -0.325 e. The molecule has 6 heterocycles. The van der Waals surface area contributed by atoms with Gasteiger partial charge in [-0.1, -0.05) is 0 Å². The minimum absolute atomic E-state index is 0.0330. The van der Waals surface area contributed by atoms with Gasteiger partial charge in [-0.2, -0.15) is 5.10 Å². The van der Waals surface area contributed by atoms with Gasteiger partial charge in [0.05, 0.1) is 18.1 Å². The van der Waals surface area contributed by atoms with Crippen molar-refractivity contribution < 1.29 is 0 Å². The molecule has 170 valence electrons. The van der Waals surface area contributed by atoms with Gasteiger partial charge >= 0.3 is 0 Å². The SMILES string of the molecule is CC1=Cc2nc(C)c(C)c(=O)n2NC1N1CCc2ncc(N3CCCn4nccc43)cc2C1. The fourth-order valence-electron chi connectivity index (χ4n) is 5.12. The van der Waals surface area contributed by atoms with Gasteiger partial charge in [0.1, 0.15) is 12.0 Å². The summed E-state index contributed by atoms with van der Waals surface area (Å²) in [6, 6.07) is 4.34. The molecule has 0 saturated heterocycles. The van der Waals surface area contributed by atoms with Crippen molar-refractivity contribution >= 4 is 17.6 Å². The van der Waals surface area contributed by atoms with E-state index >= 15 is 0 Å². The van der Waals surface area contributed by atoms with Crippen molar-refractivity contribution in [3.63, 3.8) is 0 Å². The summed E-state index contributed by atoms with van der Waals surface area (Å²) in [4.78, 5) is 27.0. The Kier molecular flexibility index (Phi) is 4.62. The van der Waals surface area contributed by atoms with Crippen LogP contribution in [0.25, 0.3) is 6.08 Å². The summed E-state index contributed by atoms with van der Waals surface area (Å²) in [5, 5.41) is 4.44. The number of nitrogens with zero attached hydrogens (tertiary/aromatic N) is 7. The number of rotatable bonds is 2. The van der Waals surface area contributed by atoms with Gasteiger partial charge in [-0.05, 0) is 50.5 Å². The normalized spacial score (nSPS) is 19.9. The van der Waals surface area contributed by atoms with E-state index < -0.39 is 0 Å². The summed E-state index contributed by atoms with van der Waals surface area (Å²) >= 11 is 0. The molecule has 9 nitrogen and oxygen atoms in total. The van der Waals surface area contributed by atoms with Crippen LogP contribution in [0, 0.1) is 13.8 Å². The van der Waals surface area contributed by atoms with Gasteiger partial charge in [-0.15, -0.1) is 0 Å². The third-order valence-corrected chi connectivity index (χ3v) is 7.07. The molecule has 3 aromatic rings. The zero-order valence-corrected chi connectivity index (χ0v) is 19.2. The summed E-state index contributed by atoms with van der Waals surface area (Å²) < 4.78 is 3.65. The predicted molar refractivity (Wildman–Crippen MR) is 127 cm³/mol. The number of fused-ring (bicyclic) bond motifs is 3. The van der Waals surface area contributed by atoms with E-state index in [1.807, 2.05) is 32.3 Å². The Morgan fingerprint density at radius 2 is 2.03 bits per heavy atom. The van der Waals surface area contributed by atoms with Gasteiger partial charge in [0, 0.05) is 55.6 Å². The molecule has 0 saturated carbocycles. The second kappa shape index (κ2) is 7.55. The summed E-state index contributed by atoms with van der Waals surface area (Å²) in [6.45, 7) is 9.38. The molecule has 9 heteroatoms. The average Bonchev–Trinajstić information content (AvgIpc) is 3.31. The Hall–Kier alpha value is -3.46. The summed E-state index contributed by atoms with van der Waals surface area (Å²) in [6.07, 6.45) is 7.76. The summed E-state index contributed by atoms with van der Waals surface area (Å²) in [5.74, 6) is 1.79. The van der Waals surface area contributed by atoms with Crippen LogP contribution in [0.4, 0.5) is 11.5 Å². The molecule has 6 rings (SSSR count). The van der Waals surface area contributed by atoms with Crippen molar-refractivity contribution in [2.75, 3.05) is 23.4 Å². The quantitative estimate of drug-likeness (QED) is 0.649. The van der Waals surface area contributed by atoms with E-state index in [0.29, 0.717) is 11.4 Å². The average molecular weight is 445 g/mol. The largest absolute Gasteiger partial charge is 0.325 e. The molecule has 0 amide bonds. The Morgan fingerprint density at radius 1 is 1.15 bits per heavy atom. The lowest BCUT2D eigenvalue weighted by atomic mass is 10.0. The molecule has 0 spiro atoms. The van der Waals surface area contributed by atoms with E-state index in [1.165, 1.54) is 5.56 Å². The maximum absolute atomic E-state index is 12.9. The molecule has 1 unspecified atom stereocenters. The van der Waals surface area contributed by atoms with E-state index in [4.69, 9.17) is 4.98 Å². The summed E-state index contributed by atoms with van der Waals surface area (Å²) in [5.41, 5.74) is 9.50. The molecular weight excluding hydrogens is 416 g/mol. The zero-order chi connectivity index (χ0) is 22.7. The van der Waals surface area contributed by atoms with Crippen LogP contribution in [0.15, 0.2) is 34.9 Å². The number of nitrogens with one attached hydrogen (secondary N) is 1. The van der Waals surface area contributed by atoms with Crippen molar-refractivity contribution in [2.45, 2.75) is 52.9 Å². The lowest BCUT2D eigenvalue weighted by Gasteiger charge is -2.39. The van der Waals surface area contributed by atoms with Gasteiger partial charge in [-0.3, -0.25) is 20.1 Å². The molecule has 1 N–H and O–H groups in total. The van der Waals surface area contributed by atoms with Crippen molar-refractivity contribution in [2.24, 2.45) is 0 Å². The molecule has 1 atom stereocenters. The van der Waals surface area contributed by atoms with E-state index in [2.05, 4.69) is 49.0 Å². The predicted octanol–water partition coefficient (Wildman–Crippen LogP) is 2.34. The Labute approximate surface area is 192 Å². The van der Waals surface area contributed by atoms with Crippen LogP contribution in [0.3, 0.4) is 0 Å². The fraction of sp³-hybridized carbons (Fsp3) is 0.417. The number of aryl methyl sites for hydroxylation is 2. The lowest BCUT2D eigenvalue weighted by molar-refractivity contribution is 0.205. The molecule has 0 aliphatic carbocycles. The van der Waals surface area contributed by atoms with Gasteiger partial charge < -0.3 is 4.90 Å². The van der Waals surface area contributed by atoms with E-state index in [-0.39, 0.29) is 11.7 Å². The molecule has 33 heavy (non-hydrogen) atoms. The van der Waals surface area contributed by atoms with E-state index in [1.54, 1.807) is 4.68 Å². The number of aromatic nitrogens is 5. The van der Waals surface area contributed by atoms with Crippen molar-refractivity contribution in [1.29, 1.82) is 0 Å². The first-order valence-corrected chi connectivity index (χ1v) is 11.6. The van der Waals surface area contributed by atoms with Crippen LogP contribution in [0.1, 0.15) is 41.7 Å². The third kappa shape index (κ3) is 3.26. The van der Waals surface area contributed by atoms with Gasteiger partial charge in [0.25, 0.3) is 5.56 Å².